The Balaban J connectivity index is 0.000000550. The van der Waals surface area contributed by atoms with Gasteiger partial charge in [0.05, 0.1) is 0 Å². The molecular formula is C17H20BBr2F4N. The summed E-state index contributed by atoms with van der Waals surface area (Å²) in [6.07, 6.45) is 0. The molecule has 0 aliphatic rings. The molecule has 1 nitrogen and oxygen atoms in total. The predicted octanol–water partition coefficient (Wildman–Crippen LogP) is 6.14. The van der Waals surface area contributed by atoms with Crippen LogP contribution < -0.4 is 5.32 Å². The number of quaternary nitrogens is 1. The van der Waals surface area contributed by atoms with Crippen LogP contribution in [0.15, 0.2) is 33.2 Å². The van der Waals surface area contributed by atoms with Crippen molar-refractivity contribution in [3.05, 3.63) is 61.0 Å². The molecule has 0 saturated carbocycles. The fourth-order valence-corrected chi connectivity index (χ4v) is 2.94. The second-order valence-electron chi connectivity index (χ2n) is 5.92. The number of hydrogen-bond acceptors (Lipinski definition) is 0. The highest BCUT2D eigenvalue weighted by molar-refractivity contribution is 9.10. The zero-order valence-electron chi connectivity index (χ0n) is 14.4. The maximum atomic E-state index is 9.75. The number of hydrogen-bond donors (Lipinski definition) is 1. The van der Waals surface area contributed by atoms with E-state index in [1.807, 2.05) is 0 Å². The van der Waals surface area contributed by atoms with E-state index in [1.165, 1.54) is 42.5 Å². The van der Waals surface area contributed by atoms with Gasteiger partial charge in [0.1, 0.15) is 12.2 Å². The average molecular weight is 485 g/mol. The Kier molecular flexibility index (Phi) is 8.16. The summed E-state index contributed by atoms with van der Waals surface area (Å²) in [6, 6.07) is 8.98. The van der Waals surface area contributed by atoms with E-state index < -0.39 is 7.25 Å². The lowest BCUT2D eigenvalue weighted by molar-refractivity contribution is -0.588. The first-order valence-corrected chi connectivity index (χ1v) is 9.20. The summed E-state index contributed by atoms with van der Waals surface area (Å²) in [5.74, 6) is 0. The van der Waals surface area contributed by atoms with Crippen molar-refractivity contribution in [3.8, 4) is 0 Å². The molecule has 2 rings (SSSR count). The minimum atomic E-state index is -6.00. The lowest BCUT2D eigenvalue weighted by atomic mass is 10.1. The van der Waals surface area contributed by atoms with Crippen molar-refractivity contribution in [1.29, 1.82) is 0 Å². The topological polar surface area (TPSA) is 16.6 Å². The van der Waals surface area contributed by atoms with Crippen LogP contribution in [-0.4, -0.2) is 7.25 Å². The highest BCUT2D eigenvalue weighted by Gasteiger charge is 2.20. The van der Waals surface area contributed by atoms with E-state index in [9.17, 15) is 17.3 Å². The molecule has 8 heteroatoms. The molecule has 0 amide bonds. The highest BCUT2D eigenvalue weighted by Crippen LogP contribution is 2.24. The maximum absolute atomic E-state index is 9.75. The van der Waals surface area contributed by atoms with E-state index in [0.29, 0.717) is 0 Å². The second-order valence-corrected chi connectivity index (χ2v) is 7.50. The van der Waals surface area contributed by atoms with Crippen molar-refractivity contribution in [1.82, 2.24) is 0 Å². The largest absolute Gasteiger partial charge is 0.673 e. The first-order valence-electron chi connectivity index (χ1n) is 7.61. The SMILES string of the molecule is Cc1cc(C[NH2+]c2cc(C)c(Br)c(C)c2)cc(C)c1Br.F[B-](F)(F)F. The van der Waals surface area contributed by atoms with Gasteiger partial charge in [-0.25, -0.2) is 0 Å². The van der Waals surface area contributed by atoms with Gasteiger partial charge < -0.3 is 22.6 Å². The maximum Gasteiger partial charge on any atom is 0.673 e. The van der Waals surface area contributed by atoms with E-state index >= 15 is 0 Å². The Labute approximate surface area is 162 Å². The lowest BCUT2D eigenvalue weighted by Crippen LogP contribution is -2.76. The van der Waals surface area contributed by atoms with Crippen molar-refractivity contribution in [3.63, 3.8) is 0 Å². The van der Waals surface area contributed by atoms with Gasteiger partial charge in [-0.15, -0.1) is 0 Å². The zero-order chi connectivity index (χ0) is 19.4. The van der Waals surface area contributed by atoms with Gasteiger partial charge in [-0.2, -0.15) is 0 Å². The average Bonchev–Trinajstić information content (AvgIpc) is 2.46. The van der Waals surface area contributed by atoms with Gasteiger partial charge in [-0.1, -0.05) is 31.9 Å². The third kappa shape index (κ3) is 7.92. The fourth-order valence-electron chi connectivity index (χ4n) is 2.49. The number of aryl methyl sites for hydroxylation is 4. The Morgan fingerprint density at radius 2 is 1.08 bits per heavy atom. The zero-order valence-corrected chi connectivity index (χ0v) is 17.6. The van der Waals surface area contributed by atoms with Crippen molar-refractivity contribution >= 4 is 44.8 Å². The van der Waals surface area contributed by atoms with Crippen LogP contribution in [0, 0.1) is 27.7 Å². The molecule has 2 aromatic rings. The van der Waals surface area contributed by atoms with Crippen LogP contribution in [0.25, 0.3) is 0 Å². The minimum absolute atomic E-state index is 0.968. The Morgan fingerprint density at radius 3 is 1.44 bits per heavy atom. The lowest BCUT2D eigenvalue weighted by Gasteiger charge is -2.09. The van der Waals surface area contributed by atoms with Crippen molar-refractivity contribution < 1.29 is 22.6 Å². The molecule has 0 fully saturated rings. The van der Waals surface area contributed by atoms with Gasteiger partial charge in [0.2, 0.25) is 0 Å². The van der Waals surface area contributed by atoms with Crippen molar-refractivity contribution in [2.24, 2.45) is 0 Å². The van der Waals surface area contributed by atoms with E-state index in [2.05, 4.69) is 89.1 Å². The van der Waals surface area contributed by atoms with E-state index in [1.54, 1.807) is 0 Å². The van der Waals surface area contributed by atoms with Gasteiger partial charge >= 0.3 is 7.25 Å². The molecule has 0 spiro atoms. The van der Waals surface area contributed by atoms with Crippen LogP contribution in [-0.2, 0) is 6.54 Å². The first kappa shape index (κ1) is 22.2. The van der Waals surface area contributed by atoms with E-state index in [0.717, 1.165) is 6.54 Å². The van der Waals surface area contributed by atoms with E-state index in [-0.39, 0.29) is 0 Å². The molecule has 0 unspecified atom stereocenters. The van der Waals surface area contributed by atoms with Crippen LogP contribution in [0.1, 0.15) is 27.8 Å². The molecular weight excluding hydrogens is 465 g/mol. The Bertz CT molecular complexity index is 638. The second kappa shape index (κ2) is 9.19. The molecule has 0 atom stereocenters. The molecule has 0 heterocycles. The standard InChI is InChI=1S/C17H19Br2N.BF4/c1-10-5-14(6-11(2)16(10)18)9-20-15-7-12(3)17(19)13(4)8-15;2-1(3,4)5/h5-8,20H,9H2,1-4H3;/q;-1/p+1. The molecule has 0 aromatic heterocycles. The number of halogens is 6. The van der Waals surface area contributed by atoms with Crippen LogP contribution in [0.5, 0.6) is 0 Å². The van der Waals surface area contributed by atoms with Crippen LogP contribution in [0.2, 0.25) is 0 Å². The summed E-state index contributed by atoms with van der Waals surface area (Å²) in [5, 5.41) is 2.30. The number of benzene rings is 2. The quantitative estimate of drug-likeness (QED) is 0.306. The molecule has 0 aliphatic heterocycles. The molecule has 2 aromatic carbocycles. The molecule has 138 valence electrons. The summed E-state index contributed by atoms with van der Waals surface area (Å²) < 4.78 is 41.4. The van der Waals surface area contributed by atoms with Crippen molar-refractivity contribution in [2.45, 2.75) is 34.2 Å². The molecule has 2 N–H and O–H groups in total. The van der Waals surface area contributed by atoms with Gasteiger partial charge in [-0.05, 0) is 62.1 Å². The summed E-state index contributed by atoms with van der Waals surface area (Å²) in [5.41, 5.74) is 7.84. The first-order chi connectivity index (χ1) is 11.4. The van der Waals surface area contributed by atoms with E-state index in [4.69, 9.17) is 0 Å². The van der Waals surface area contributed by atoms with Gasteiger partial charge in [0.25, 0.3) is 0 Å². The number of rotatable bonds is 3. The Hall–Kier alpha value is -0.855. The summed E-state index contributed by atoms with van der Waals surface area (Å²) in [4.78, 5) is 0. The van der Waals surface area contributed by atoms with Crippen LogP contribution in [0.4, 0.5) is 23.0 Å². The minimum Gasteiger partial charge on any atom is -0.418 e. The monoisotopic (exact) mass is 483 g/mol. The third-order valence-corrected chi connectivity index (χ3v) is 6.03. The van der Waals surface area contributed by atoms with Crippen molar-refractivity contribution in [2.75, 3.05) is 0 Å². The van der Waals surface area contributed by atoms with Crippen LogP contribution >= 0.6 is 31.9 Å². The summed E-state index contributed by atoms with van der Waals surface area (Å²) >= 11 is 7.24. The summed E-state index contributed by atoms with van der Waals surface area (Å²) in [6.45, 7) is 9.54. The highest BCUT2D eigenvalue weighted by atomic mass is 79.9. The Morgan fingerprint density at radius 1 is 0.760 bits per heavy atom. The molecule has 25 heavy (non-hydrogen) atoms. The van der Waals surface area contributed by atoms with Gasteiger partial charge in [0.15, 0.2) is 0 Å². The number of nitrogens with two attached hydrogens (primary N) is 1. The third-order valence-electron chi connectivity index (χ3n) is 3.53. The summed E-state index contributed by atoms with van der Waals surface area (Å²) in [7, 11) is -6.00. The predicted molar refractivity (Wildman–Crippen MR) is 103 cm³/mol. The molecule has 0 radical (unpaired) electrons. The molecule has 0 saturated heterocycles. The van der Waals surface area contributed by atoms with Gasteiger partial charge in [-0.3, -0.25) is 0 Å². The fraction of sp³-hybridized carbons (Fsp3) is 0.294. The normalized spacial score (nSPS) is 11.1. The van der Waals surface area contributed by atoms with Gasteiger partial charge in [0, 0.05) is 26.6 Å². The van der Waals surface area contributed by atoms with Crippen LogP contribution in [0.3, 0.4) is 0 Å². The molecule has 0 aliphatic carbocycles. The smallest absolute Gasteiger partial charge is 0.418 e. The molecule has 0 bridgehead atoms.